The average molecular weight is 479 g/mol. The van der Waals surface area contributed by atoms with Crippen LogP contribution in [0.4, 0.5) is 0 Å². The van der Waals surface area contributed by atoms with Gasteiger partial charge in [0.1, 0.15) is 17.2 Å². The monoisotopic (exact) mass is 478 g/mol. The lowest BCUT2D eigenvalue weighted by Crippen LogP contribution is -2.07. The first kappa shape index (κ1) is 26.1. The molecule has 0 aromatic heterocycles. The fourth-order valence-electron chi connectivity index (χ4n) is 4.11. The largest absolute Gasteiger partial charge is 0.530 e. The Morgan fingerprint density at radius 1 is 0.353 bits per heavy atom. The summed E-state index contributed by atoms with van der Waals surface area (Å²) in [4.78, 5) is 0. The first-order chi connectivity index (χ1) is 15.8. The molecule has 0 radical (unpaired) electrons. The Kier molecular flexibility index (Phi) is 7.68. The molecular weight excluding hydrogens is 439 g/mol. The Morgan fingerprint density at radius 2 is 0.588 bits per heavy atom. The van der Waals surface area contributed by atoms with E-state index < -0.39 is 8.60 Å². The highest BCUT2D eigenvalue weighted by Gasteiger charge is 2.25. The predicted octanol–water partition coefficient (Wildman–Crippen LogP) is 9.15. The van der Waals surface area contributed by atoms with E-state index in [1.165, 1.54) is 50.1 Å². The van der Waals surface area contributed by atoms with Crippen LogP contribution in [0.2, 0.25) is 0 Å². The van der Waals surface area contributed by atoms with Gasteiger partial charge in [-0.3, -0.25) is 0 Å². The van der Waals surface area contributed by atoms with E-state index in [0.29, 0.717) is 0 Å². The fourth-order valence-corrected chi connectivity index (χ4v) is 5.27. The second-order valence-corrected chi connectivity index (χ2v) is 10.7. The molecule has 0 spiro atoms. The summed E-state index contributed by atoms with van der Waals surface area (Å²) in [6.45, 7) is 25.5. The second kappa shape index (κ2) is 10.0. The minimum atomic E-state index is -1.74. The zero-order chi connectivity index (χ0) is 25.5. The molecule has 0 amide bonds. The van der Waals surface area contributed by atoms with E-state index in [4.69, 9.17) is 13.6 Å². The van der Waals surface area contributed by atoms with Crippen LogP contribution in [0.1, 0.15) is 66.8 Å². The Balaban J connectivity index is 2.08. The van der Waals surface area contributed by atoms with Gasteiger partial charge < -0.3 is 13.6 Å². The van der Waals surface area contributed by atoms with Gasteiger partial charge in [-0.25, -0.2) is 0 Å². The third-order valence-electron chi connectivity index (χ3n) is 7.82. The Bertz CT molecular complexity index is 1100. The van der Waals surface area contributed by atoms with Gasteiger partial charge in [0.15, 0.2) is 0 Å². The molecule has 34 heavy (non-hydrogen) atoms. The van der Waals surface area contributed by atoms with Crippen LogP contribution in [0.25, 0.3) is 0 Å². The van der Waals surface area contributed by atoms with Crippen LogP contribution in [0.15, 0.2) is 18.2 Å². The maximum Gasteiger partial charge on any atom is 0.530 e. The Labute approximate surface area is 207 Å². The van der Waals surface area contributed by atoms with Gasteiger partial charge >= 0.3 is 8.60 Å². The lowest BCUT2D eigenvalue weighted by atomic mass is 9.99. The average Bonchev–Trinajstić information content (AvgIpc) is 2.80. The molecule has 0 N–H and O–H groups in total. The molecule has 3 aromatic rings. The van der Waals surface area contributed by atoms with Crippen LogP contribution in [0.5, 0.6) is 17.2 Å². The van der Waals surface area contributed by atoms with Gasteiger partial charge in [-0.05, 0) is 168 Å². The van der Waals surface area contributed by atoms with Crippen molar-refractivity contribution in [3.05, 3.63) is 85.0 Å². The minimum Gasteiger partial charge on any atom is -0.408 e. The summed E-state index contributed by atoms with van der Waals surface area (Å²) in [6, 6.07) is 6.28. The van der Waals surface area contributed by atoms with Crippen molar-refractivity contribution >= 4 is 8.60 Å². The van der Waals surface area contributed by atoms with Crippen LogP contribution < -0.4 is 13.6 Å². The third-order valence-corrected chi connectivity index (χ3v) is 8.86. The van der Waals surface area contributed by atoms with Crippen molar-refractivity contribution in [3.63, 3.8) is 0 Å². The van der Waals surface area contributed by atoms with E-state index in [1.54, 1.807) is 0 Å². The van der Waals surface area contributed by atoms with Gasteiger partial charge in [0.05, 0.1) is 0 Å². The summed E-state index contributed by atoms with van der Waals surface area (Å²) in [7, 11) is -1.74. The van der Waals surface area contributed by atoms with E-state index in [-0.39, 0.29) is 0 Å². The number of hydrogen-bond acceptors (Lipinski definition) is 3. The standard InChI is InChI=1S/C30H39O3P/c1-16-13-28(25(10)22(7)19(16)4)31-34(32-29-14-17(2)20(5)23(8)26(29)11)33-30-15-18(3)21(6)24(9)27(30)12/h13-15H,1-12H3. The third kappa shape index (κ3) is 4.96. The highest BCUT2D eigenvalue weighted by Crippen LogP contribution is 2.47. The van der Waals surface area contributed by atoms with E-state index in [0.717, 1.165) is 33.9 Å². The molecule has 3 nitrogen and oxygen atoms in total. The topological polar surface area (TPSA) is 27.7 Å². The smallest absolute Gasteiger partial charge is 0.408 e. The summed E-state index contributed by atoms with van der Waals surface area (Å²) < 4.78 is 19.6. The summed E-state index contributed by atoms with van der Waals surface area (Å²) in [6.07, 6.45) is 0. The molecule has 0 atom stereocenters. The van der Waals surface area contributed by atoms with Crippen LogP contribution in [-0.2, 0) is 0 Å². The molecule has 3 rings (SSSR count). The normalized spacial score (nSPS) is 11.2. The summed E-state index contributed by atoms with van der Waals surface area (Å²) in [5.41, 5.74) is 14.5. The van der Waals surface area contributed by atoms with Crippen molar-refractivity contribution in [1.29, 1.82) is 0 Å². The fraction of sp³-hybridized carbons (Fsp3) is 0.400. The van der Waals surface area contributed by atoms with Gasteiger partial charge in [-0.15, -0.1) is 0 Å². The zero-order valence-corrected chi connectivity index (χ0v) is 23.8. The van der Waals surface area contributed by atoms with E-state index in [1.807, 2.05) is 0 Å². The lowest BCUT2D eigenvalue weighted by Gasteiger charge is -2.24. The molecule has 0 bridgehead atoms. The van der Waals surface area contributed by atoms with Crippen molar-refractivity contribution in [2.24, 2.45) is 0 Å². The van der Waals surface area contributed by atoms with Crippen LogP contribution in [0.3, 0.4) is 0 Å². The molecule has 0 aliphatic heterocycles. The highest BCUT2D eigenvalue weighted by atomic mass is 31.2. The lowest BCUT2D eigenvalue weighted by molar-refractivity contribution is 0.384. The van der Waals surface area contributed by atoms with Crippen molar-refractivity contribution < 1.29 is 13.6 Å². The Morgan fingerprint density at radius 3 is 0.824 bits per heavy atom. The quantitative estimate of drug-likeness (QED) is 0.331. The van der Waals surface area contributed by atoms with E-state index >= 15 is 0 Å². The molecule has 3 aromatic carbocycles. The van der Waals surface area contributed by atoms with Crippen molar-refractivity contribution in [3.8, 4) is 17.2 Å². The first-order valence-corrected chi connectivity index (χ1v) is 13.0. The van der Waals surface area contributed by atoms with Crippen molar-refractivity contribution in [2.75, 3.05) is 0 Å². The molecule has 0 unspecified atom stereocenters. The number of aryl methyl sites for hydroxylation is 3. The maximum atomic E-state index is 6.52. The summed E-state index contributed by atoms with van der Waals surface area (Å²) in [5.74, 6) is 2.43. The van der Waals surface area contributed by atoms with Gasteiger partial charge in [0, 0.05) is 0 Å². The maximum absolute atomic E-state index is 6.52. The van der Waals surface area contributed by atoms with Crippen LogP contribution >= 0.6 is 8.60 Å². The molecule has 4 heteroatoms. The minimum absolute atomic E-state index is 0.808. The number of hydrogen-bond donors (Lipinski definition) is 0. The second-order valence-electron chi connectivity index (χ2n) is 9.70. The first-order valence-electron chi connectivity index (χ1n) is 11.9. The summed E-state index contributed by atoms with van der Waals surface area (Å²) >= 11 is 0. The molecule has 182 valence electrons. The molecule has 0 fully saturated rings. The van der Waals surface area contributed by atoms with Crippen molar-refractivity contribution in [2.45, 2.75) is 83.1 Å². The zero-order valence-electron chi connectivity index (χ0n) is 22.9. The molecule has 0 heterocycles. The van der Waals surface area contributed by atoms with Gasteiger partial charge in [-0.2, -0.15) is 0 Å². The van der Waals surface area contributed by atoms with Gasteiger partial charge in [0.25, 0.3) is 0 Å². The molecule has 0 aliphatic rings. The van der Waals surface area contributed by atoms with Crippen LogP contribution in [-0.4, -0.2) is 0 Å². The highest BCUT2D eigenvalue weighted by molar-refractivity contribution is 7.43. The molecule has 0 saturated heterocycles. The van der Waals surface area contributed by atoms with Crippen LogP contribution in [0, 0.1) is 83.1 Å². The molecular formula is C30H39O3P. The number of benzene rings is 3. The SMILES string of the molecule is Cc1cc(OP(Oc2cc(C)c(C)c(C)c2C)Oc2cc(C)c(C)c(C)c2C)c(C)c(C)c1C. The van der Waals surface area contributed by atoms with Gasteiger partial charge in [-0.1, -0.05) is 0 Å². The molecule has 0 aliphatic carbocycles. The van der Waals surface area contributed by atoms with E-state index in [2.05, 4.69) is 101 Å². The van der Waals surface area contributed by atoms with Gasteiger partial charge in [0.2, 0.25) is 0 Å². The Hall–Kier alpha value is -2.51. The van der Waals surface area contributed by atoms with Crippen molar-refractivity contribution in [1.82, 2.24) is 0 Å². The van der Waals surface area contributed by atoms with E-state index in [9.17, 15) is 0 Å². The number of rotatable bonds is 6. The predicted molar refractivity (Wildman–Crippen MR) is 145 cm³/mol. The summed E-state index contributed by atoms with van der Waals surface area (Å²) in [5, 5.41) is 0. The molecule has 0 saturated carbocycles.